The molecule has 3 N–H and O–H groups in total. The molecule has 1 atom stereocenters. The minimum Gasteiger partial charge on any atom is -0.381 e. The Morgan fingerprint density at radius 2 is 2.33 bits per heavy atom. The molecular formula is C11H22N2O2. The summed E-state index contributed by atoms with van der Waals surface area (Å²) in [7, 11) is 0. The summed E-state index contributed by atoms with van der Waals surface area (Å²) < 4.78 is 5.47. The molecule has 1 fully saturated rings. The van der Waals surface area contributed by atoms with Gasteiger partial charge in [-0.1, -0.05) is 6.92 Å². The molecular weight excluding hydrogens is 192 g/mol. The van der Waals surface area contributed by atoms with Gasteiger partial charge in [0.05, 0.1) is 6.04 Å². The molecule has 4 heteroatoms. The molecule has 1 amide bonds. The Morgan fingerprint density at radius 3 is 2.87 bits per heavy atom. The van der Waals surface area contributed by atoms with Gasteiger partial charge in [-0.2, -0.15) is 0 Å². The molecule has 88 valence electrons. The van der Waals surface area contributed by atoms with Crippen LogP contribution in [0.4, 0.5) is 0 Å². The lowest BCUT2D eigenvalue weighted by Crippen LogP contribution is -2.42. The van der Waals surface area contributed by atoms with Crippen molar-refractivity contribution in [3.05, 3.63) is 0 Å². The van der Waals surface area contributed by atoms with E-state index in [9.17, 15) is 4.79 Å². The first-order valence-corrected chi connectivity index (χ1v) is 5.84. The van der Waals surface area contributed by atoms with Crippen LogP contribution in [0.5, 0.6) is 0 Å². The molecule has 1 saturated carbocycles. The summed E-state index contributed by atoms with van der Waals surface area (Å²) in [5.74, 6) is 0.499. The Morgan fingerprint density at radius 1 is 1.60 bits per heavy atom. The van der Waals surface area contributed by atoms with Crippen molar-refractivity contribution in [2.24, 2.45) is 11.7 Å². The molecule has 1 aliphatic carbocycles. The van der Waals surface area contributed by atoms with Gasteiger partial charge in [-0.25, -0.2) is 0 Å². The second-order valence-electron chi connectivity index (χ2n) is 4.22. The Hall–Kier alpha value is -0.610. The largest absolute Gasteiger partial charge is 0.381 e. The first kappa shape index (κ1) is 12.5. The van der Waals surface area contributed by atoms with Crippen LogP contribution in [-0.2, 0) is 9.53 Å². The van der Waals surface area contributed by atoms with Crippen molar-refractivity contribution in [3.63, 3.8) is 0 Å². The van der Waals surface area contributed by atoms with E-state index in [1.54, 1.807) is 0 Å². The third-order valence-electron chi connectivity index (χ3n) is 2.59. The molecule has 0 spiro atoms. The quantitative estimate of drug-likeness (QED) is 0.554. The highest BCUT2D eigenvalue weighted by Gasteiger charge is 2.21. The van der Waals surface area contributed by atoms with Gasteiger partial charge in [-0.3, -0.25) is 4.79 Å². The zero-order valence-electron chi connectivity index (χ0n) is 9.50. The topological polar surface area (TPSA) is 64.3 Å². The molecule has 0 aromatic carbocycles. The molecule has 0 aromatic heterocycles. The second-order valence-corrected chi connectivity index (χ2v) is 4.22. The fourth-order valence-electron chi connectivity index (χ4n) is 1.40. The van der Waals surface area contributed by atoms with Gasteiger partial charge in [-0.15, -0.1) is 0 Å². The number of ether oxygens (including phenoxy) is 1. The fourth-order valence-corrected chi connectivity index (χ4v) is 1.40. The lowest BCUT2D eigenvalue weighted by molar-refractivity contribution is -0.120. The van der Waals surface area contributed by atoms with Crippen molar-refractivity contribution in [1.82, 2.24) is 5.32 Å². The molecule has 4 nitrogen and oxygen atoms in total. The van der Waals surface area contributed by atoms with Crippen LogP contribution in [0.3, 0.4) is 0 Å². The van der Waals surface area contributed by atoms with Crippen LogP contribution in [0, 0.1) is 5.92 Å². The molecule has 1 rings (SSSR count). The van der Waals surface area contributed by atoms with E-state index < -0.39 is 0 Å². The Labute approximate surface area is 91.5 Å². The van der Waals surface area contributed by atoms with Gasteiger partial charge < -0.3 is 15.8 Å². The fraction of sp³-hybridized carbons (Fsp3) is 0.909. The van der Waals surface area contributed by atoms with Crippen LogP contribution in [-0.4, -0.2) is 31.7 Å². The maximum absolute atomic E-state index is 11.0. The second kappa shape index (κ2) is 6.80. The lowest BCUT2D eigenvalue weighted by Gasteiger charge is -2.14. The number of hydrogen-bond donors (Lipinski definition) is 2. The van der Waals surface area contributed by atoms with Crippen LogP contribution >= 0.6 is 0 Å². The van der Waals surface area contributed by atoms with Crippen molar-refractivity contribution >= 4 is 5.91 Å². The summed E-state index contributed by atoms with van der Waals surface area (Å²) in [6.45, 7) is 4.37. The van der Waals surface area contributed by atoms with Crippen molar-refractivity contribution in [3.8, 4) is 0 Å². The van der Waals surface area contributed by atoms with E-state index in [1.807, 2.05) is 0 Å². The third-order valence-corrected chi connectivity index (χ3v) is 2.59. The molecule has 0 aliphatic heterocycles. The number of primary amides is 1. The lowest BCUT2D eigenvalue weighted by atomic mass is 10.2. The number of carbonyl (C=O) groups is 1. The monoisotopic (exact) mass is 214 g/mol. The summed E-state index contributed by atoms with van der Waals surface area (Å²) in [5, 5.41) is 3.12. The number of nitrogens with two attached hydrogens (primary N) is 1. The normalized spacial score (nSPS) is 17.7. The highest BCUT2D eigenvalue weighted by atomic mass is 16.5. The summed E-state index contributed by atoms with van der Waals surface area (Å²) in [4.78, 5) is 11.0. The van der Waals surface area contributed by atoms with Gasteiger partial charge in [-0.05, 0) is 38.1 Å². The standard InChI is InChI=1S/C11H22N2O2/c1-2-6-13-10(11(12)14)5-7-15-8-9-3-4-9/h9-10,13H,2-8H2,1H3,(H2,12,14). The SMILES string of the molecule is CCCNC(CCOCC1CC1)C(N)=O. The van der Waals surface area contributed by atoms with Crippen LogP contribution in [0.25, 0.3) is 0 Å². The van der Waals surface area contributed by atoms with Crippen molar-refractivity contribution < 1.29 is 9.53 Å². The maximum atomic E-state index is 11.0. The predicted octanol–water partition coefficient (Wildman–Crippen LogP) is 0.657. The summed E-state index contributed by atoms with van der Waals surface area (Å²) in [6, 6.07) is -0.232. The Kier molecular flexibility index (Phi) is 5.65. The van der Waals surface area contributed by atoms with E-state index in [0.717, 1.165) is 25.5 Å². The van der Waals surface area contributed by atoms with Crippen LogP contribution < -0.4 is 11.1 Å². The summed E-state index contributed by atoms with van der Waals surface area (Å²) in [6.07, 6.45) is 4.29. The van der Waals surface area contributed by atoms with E-state index >= 15 is 0 Å². The average molecular weight is 214 g/mol. The number of amides is 1. The highest BCUT2D eigenvalue weighted by molar-refractivity contribution is 5.79. The summed E-state index contributed by atoms with van der Waals surface area (Å²) in [5.41, 5.74) is 5.27. The molecule has 0 bridgehead atoms. The van der Waals surface area contributed by atoms with Crippen LogP contribution in [0.15, 0.2) is 0 Å². The third kappa shape index (κ3) is 5.74. The van der Waals surface area contributed by atoms with E-state index in [-0.39, 0.29) is 11.9 Å². The molecule has 0 radical (unpaired) electrons. The zero-order valence-corrected chi connectivity index (χ0v) is 9.50. The number of rotatable bonds is 9. The van der Waals surface area contributed by atoms with Crippen molar-refractivity contribution in [2.45, 2.75) is 38.6 Å². The molecule has 0 heterocycles. The molecule has 1 unspecified atom stereocenters. The molecule has 15 heavy (non-hydrogen) atoms. The number of nitrogens with one attached hydrogen (secondary N) is 1. The van der Waals surface area contributed by atoms with E-state index in [0.29, 0.717) is 13.0 Å². The van der Waals surface area contributed by atoms with Crippen LogP contribution in [0.2, 0.25) is 0 Å². The average Bonchev–Trinajstić information content (AvgIpc) is 3.00. The number of hydrogen-bond acceptors (Lipinski definition) is 3. The van der Waals surface area contributed by atoms with Crippen LogP contribution in [0.1, 0.15) is 32.6 Å². The van der Waals surface area contributed by atoms with Gasteiger partial charge in [0.25, 0.3) is 0 Å². The van der Waals surface area contributed by atoms with Gasteiger partial charge in [0.1, 0.15) is 0 Å². The minimum atomic E-state index is -0.279. The van der Waals surface area contributed by atoms with E-state index in [1.165, 1.54) is 12.8 Å². The highest BCUT2D eigenvalue weighted by Crippen LogP contribution is 2.28. The molecule has 1 aliphatic rings. The maximum Gasteiger partial charge on any atom is 0.234 e. The minimum absolute atomic E-state index is 0.232. The van der Waals surface area contributed by atoms with Gasteiger partial charge >= 0.3 is 0 Å². The zero-order chi connectivity index (χ0) is 11.1. The smallest absolute Gasteiger partial charge is 0.234 e. The molecule has 0 aromatic rings. The van der Waals surface area contributed by atoms with E-state index in [4.69, 9.17) is 10.5 Å². The summed E-state index contributed by atoms with van der Waals surface area (Å²) >= 11 is 0. The first-order chi connectivity index (χ1) is 7.24. The van der Waals surface area contributed by atoms with Gasteiger partial charge in [0.2, 0.25) is 5.91 Å². The van der Waals surface area contributed by atoms with Gasteiger partial charge in [0, 0.05) is 13.2 Å². The Balaban J connectivity index is 2.03. The first-order valence-electron chi connectivity index (χ1n) is 5.84. The molecule has 0 saturated heterocycles. The Bertz CT molecular complexity index is 193. The van der Waals surface area contributed by atoms with Gasteiger partial charge in [0.15, 0.2) is 0 Å². The number of carbonyl (C=O) groups excluding carboxylic acids is 1. The van der Waals surface area contributed by atoms with Crippen molar-refractivity contribution in [1.29, 1.82) is 0 Å². The predicted molar refractivity (Wildman–Crippen MR) is 59.4 cm³/mol. The van der Waals surface area contributed by atoms with E-state index in [2.05, 4.69) is 12.2 Å². The van der Waals surface area contributed by atoms with Crippen molar-refractivity contribution in [2.75, 3.05) is 19.8 Å².